The van der Waals surface area contributed by atoms with E-state index in [2.05, 4.69) is 41.2 Å². The Balaban J connectivity index is 1.74. The fraction of sp³-hybridized carbons (Fsp3) is 0.833. The Morgan fingerprint density at radius 3 is 1.83 bits per heavy atom. The summed E-state index contributed by atoms with van der Waals surface area (Å²) >= 11 is 0. The number of unbranched alkanes of at least 4 members (excludes halogenated alkanes) is 3. The zero-order valence-corrected chi connectivity index (χ0v) is 15.2. The Morgan fingerprint density at radius 2 is 1.38 bits per heavy atom. The maximum atomic E-state index is 5.42. The molecule has 0 spiro atoms. The molecule has 0 atom stereocenters. The molecule has 2 heterocycles. The van der Waals surface area contributed by atoms with Crippen molar-refractivity contribution in [1.82, 2.24) is 41.2 Å². The lowest BCUT2D eigenvalue weighted by Gasteiger charge is -2.24. The van der Waals surface area contributed by atoms with Crippen molar-refractivity contribution in [2.75, 3.05) is 21.3 Å². The highest BCUT2D eigenvalue weighted by Crippen LogP contribution is 2.24. The van der Waals surface area contributed by atoms with Gasteiger partial charge in [-0.25, -0.2) is 10.2 Å². The third kappa shape index (κ3) is 4.86. The van der Waals surface area contributed by atoms with Crippen LogP contribution in [-0.4, -0.2) is 71.4 Å². The van der Waals surface area contributed by atoms with Crippen LogP contribution >= 0.6 is 0 Å². The number of H-pyrrole nitrogens is 2. The summed E-state index contributed by atoms with van der Waals surface area (Å²) in [6.45, 7) is 0. The summed E-state index contributed by atoms with van der Waals surface area (Å²) in [6.07, 6.45) is 5.00. The molecule has 0 aliphatic rings. The maximum Gasteiger partial charge on any atom is 0.500 e. The monoisotopic (exact) mass is 356 g/mol. The van der Waals surface area contributed by atoms with Crippen LogP contribution in [0.15, 0.2) is 0 Å². The van der Waals surface area contributed by atoms with E-state index < -0.39 is 8.80 Å². The Labute approximate surface area is 141 Å². The molecule has 0 saturated carbocycles. The molecule has 0 amide bonds. The van der Waals surface area contributed by atoms with Crippen molar-refractivity contribution >= 4 is 8.80 Å². The number of tetrazole rings is 2. The summed E-state index contributed by atoms with van der Waals surface area (Å²) in [4.78, 5) is 0. The van der Waals surface area contributed by atoms with E-state index in [0.29, 0.717) is 11.6 Å². The number of hydrogen-bond acceptors (Lipinski definition) is 9. The van der Waals surface area contributed by atoms with Crippen LogP contribution in [0.2, 0.25) is 6.04 Å². The van der Waals surface area contributed by atoms with Crippen molar-refractivity contribution in [3.05, 3.63) is 11.6 Å². The largest absolute Gasteiger partial charge is 0.500 e. The zero-order chi connectivity index (χ0) is 17.3. The molecule has 24 heavy (non-hydrogen) atoms. The fourth-order valence-electron chi connectivity index (χ4n) is 2.63. The first-order chi connectivity index (χ1) is 11.7. The lowest BCUT2D eigenvalue weighted by molar-refractivity contribution is 0.122. The fourth-order valence-corrected chi connectivity index (χ4v) is 4.43. The van der Waals surface area contributed by atoms with Crippen LogP contribution in [0.3, 0.4) is 0 Å². The lowest BCUT2D eigenvalue weighted by atomic mass is 9.99. The van der Waals surface area contributed by atoms with Crippen LogP contribution in [0.4, 0.5) is 0 Å². The van der Waals surface area contributed by atoms with E-state index in [1.165, 1.54) is 0 Å². The van der Waals surface area contributed by atoms with Gasteiger partial charge < -0.3 is 13.3 Å². The van der Waals surface area contributed by atoms with Gasteiger partial charge in [-0.2, -0.15) is 0 Å². The summed E-state index contributed by atoms with van der Waals surface area (Å²) in [5.74, 6) is 1.27. The average molecular weight is 356 g/mol. The second kappa shape index (κ2) is 9.51. The second-order valence-corrected chi connectivity index (χ2v) is 8.46. The summed E-state index contributed by atoms with van der Waals surface area (Å²) in [7, 11) is 2.47. The highest BCUT2D eigenvalue weighted by atomic mass is 28.4. The molecule has 2 aromatic rings. The van der Waals surface area contributed by atoms with Gasteiger partial charge in [0.2, 0.25) is 0 Å². The van der Waals surface area contributed by atoms with Gasteiger partial charge in [0.15, 0.2) is 11.6 Å². The Bertz CT molecular complexity index is 506. The number of nitrogens with zero attached hydrogens (tertiary/aromatic N) is 6. The van der Waals surface area contributed by atoms with Gasteiger partial charge >= 0.3 is 8.80 Å². The van der Waals surface area contributed by atoms with Gasteiger partial charge in [0.25, 0.3) is 0 Å². The molecule has 0 bridgehead atoms. The SMILES string of the molecule is CO[Si](CCCCCCC(c1nnn[nH]1)c1nnn[nH]1)(OC)OC. The highest BCUT2D eigenvalue weighted by Gasteiger charge is 2.36. The Hall–Kier alpha value is -1.76. The van der Waals surface area contributed by atoms with Crippen molar-refractivity contribution in [2.45, 2.75) is 44.1 Å². The molecule has 0 aliphatic carbocycles. The number of nitrogens with one attached hydrogen (secondary N) is 2. The van der Waals surface area contributed by atoms with E-state index in [1.54, 1.807) is 21.3 Å². The molecule has 11 nitrogen and oxygen atoms in total. The van der Waals surface area contributed by atoms with Gasteiger partial charge in [0, 0.05) is 27.4 Å². The summed E-state index contributed by atoms with van der Waals surface area (Å²) in [5.41, 5.74) is 0. The smallest absolute Gasteiger partial charge is 0.377 e. The molecule has 2 aromatic heterocycles. The molecule has 0 unspecified atom stereocenters. The van der Waals surface area contributed by atoms with E-state index in [0.717, 1.165) is 38.1 Å². The van der Waals surface area contributed by atoms with Crippen LogP contribution in [0.1, 0.15) is 49.7 Å². The standard InChI is InChI=1S/C12H24N8O3Si/c1-21-24(22-2,23-3)9-7-5-4-6-8-10(11-13-17-18-14-11)12-15-19-20-16-12/h10H,4-9H2,1-3H3,(H,13,14,17,18)(H,15,16,19,20). The highest BCUT2D eigenvalue weighted by molar-refractivity contribution is 6.60. The Kier molecular flexibility index (Phi) is 7.36. The van der Waals surface area contributed by atoms with Gasteiger partial charge in [-0.05, 0) is 33.7 Å². The summed E-state index contributed by atoms with van der Waals surface area (Å²) < 4.78 is 16.3. The molecule has 0 radical (unpaired) electrons. The quantitative estimate of drug-likeness (QED) is 0.415. The third-order valence-electron chi connectivity index (χ3n) is 4.04. The minimum atomic E-state index is -2.45. The molecule has 0 aliphatic heterocycles. The van der Waals surface area contributed by atoms with Crippen LogP contribution in [0.25, 0.3) is 0 Å². The van der Waals surface area contributed by atoms with Gasteiger partial charge in [-0.1, -0.05) is 19.3 Å². The second-order valence-electron chi connectivity index (χ2n) is 5.37. The normalized spacial score (nSPS) is 12.2. The third-order valence-corrected chi connectivity index (χ3v) is 6.87. The van der Waals surface area contributed by atoms with E-state index in [1.807, 2.05) is 0 Å². The molecule has 12 heteroatoms. The lowest BCUT2D eigenvalue weighted by Crippen LogP contribution is -2.42. The number of rotatable bonds is 12. The molecular weight excluding hydrogens is 332 g/mol. The Morgan fingerprint density at radius 1 is 0.833 bits per heavy atom. The van der Waals surface area contributed by atoms with E-state index in [-0.39, 0.29) is 5.92 Å². The molecule has 134 valence electrons. The van der Waals surface area contributed by atoms with Crippen molar-refractivity contribution < 1.29 is 13.3 Å². The van der Waals surface area contributed by atoms with Crippen LogP contribution < -0.4 is 0 Å². The first-order valence-electron chi connectivity index (χ1n) is 7.87. The molecule has 0 aromatic carbocycles. The van der Waals surface area contributed by atoms with Crippen molar-refractivity contribution in [3.8, 4) is 0 Å². The van der Waals surface area contributed by atoms with Gasteiger partial charge in [0.05, 0.1) is 5.92 Å². The van der Waals surface area contributed by atoms with E-state index in [9.17, 15) is 0 Å². The summed E-state index contributed by atoms with van der Waals surface area (Å²) in [6, 6.07) is 0.817. The van der Waals surface area contributed by atoms with Gasteiger partial charge in [0.1, 0.15) is 0 Å². The minimum absolute atomic E-state index is 0.0552. The molecule has 0 saturated heterocycles. The zero-order valence-electron chi connectivity index (χ0n) is 14.2. The van der Waals surface area contributed by atoms with Gasteiger partial charge in [-0.15, -0.1) is 10.2 Å². The average Bonchev–Trinajstić information content (AvgIpc) is 3.32. The van der Waals surface area contributed by atoms with E-state index in [4.69, 9.17) is 13.3 Å². The first-order valence-corrected chi connectivity index (χ1v) is 9.80. The number of aromatic amines is 2. The molecule has 2 rings (SSSR count). The van der Waals surface area contributed by atoms with Crippen molar-refractivity contribution in [3.63, 3.8) is 0 Å². The van der Waals surface area contributed by atoms with Crippen LogP contribution in [-0.2, 0) is 13.3 Å². The number of hydrogen-bond donors (Lipinski definition) is 2. The predicted octanol–water partition coefficient (Wildman–Crippen LogP) is 0.673. The van der Waals surface area contributed by atoms with Crippen molar-refractivity contribution in [2.24, 2.45) is 0 Å². The maximum absolute atomic E-state index is 5.42. The summed E-state index contributed by atoms with van der Waals surface area (Å²) in [5, 5.41) is 28.0. The van der Waals surface area contributed by atoms with Crippen molar-refractivity contribution in [1.29, 1.82) is 0 Å². The topological polar surface area (TPSA) is 137 Å². The van der Waals surface area contributed by atoms with Crippen LogP contribution in [0.5, 0.6) is 0 Å². The molecule has 2 N–H and O–H groups in total. The number of aromatic nitrogens is 8. The van der Waals surface area contributed by atoms with Crippen LogP contribution in [0, 0.1) is 0 Å². The minimum Gasteiger partial charge on any atom is -0.377 e. The predicted molar refractivity (Wildman–Crippen MR) is 84.9 cm³/mol. The molecule has 0 fully saturated rings. The molecular formula is C12H24N8O3Si. The van der Waals surface area contributed by atoms with Gasteiger partial charge in [-0.3, -0.25) is 0 Å². The first kappa shape index (κ1) is 18.6. The van der Waals surface area contributed by atoms with E-state index >= 15 is 0 Å².